The molecule has 0 amide bonds. The fourth-order valence-corrected chi connectivity index (χ4v) is 2.41. The standard InChI is InChI=1S/C16H11ClF2N2/c17-15-4-3-10(16-14(15)2-1-5-20-16)9-21-13-7-11(18)6-12(19)8-13/h1-8,21H,9H2. The van der Waals surface area contributed by atoms with E-state index in [-0.39, 0.29) is 0 Å². The molecule has 0 aliphatic carbocycles. The van der Waals surface area contributed by atoms with Gasteiger partial charge in [0.25, 0.3) is 0 Å². The minimum absolute atomic E-state index is 0.381. The van der Waals surface area contributed by atoms with Crippen LogP contribution < -0.4 is 5.32 Å². The lowest BCUT2D eigenvalue weighted by atomic mass is 10.1. The Labute approximate surface area is 125 Å². The smallest absolute Gasteiger partial charge is 0.128 e. The molecule has 0 aliphatic rings. The highest BCUT2D eigenvalue weighted by Gasteiger charge is 2.06. The predicted molar refractivity (Wildman–Crippen MR) is 80.4 cm³/mol. The molecule has 2 aromatic carbocycles. The second-order valence-corrected chi connectivity index (χ2v) is 5.02. The van der Waals surface area contributed by atoms with Crippen LogP contribution in [0.4, 0.5) is 14.5 Å². The van der Waals surface area contributed by atoms with Gasteiger partial charge in [-0.05, 0) is 35.9 Å². The summed E-state index contributed by atoms with van der Waals surface area (Å²) in [7, 11) is 0. The molecule has 0 spiro atoms. The molecule has 3 rings (SSSR count). The predicted octanol–water partition coefficient (Wildman–Crippen LogP) is 4.78. The van der Waals surface area contributed by atoms with Crippen LogP contribution in [0.1, 0.15) is 5.56 Å². The van der Waals surface area contributed by atoms with E-state index in [9.17, 15) is 8.78 Å². The number of fused-ring (bicyclic) bond motifs is 1. The lowest BCUT2D eigenvalue weighted by Crippen LogP contribution is -2.02. The third-order valence-electron chi connectivity index (χ3n) is 3.15. The van der Waals surface area contributed by atoms with Gasteiger partial charge in [0.2, 0.25) is 0 Å². The lowest BCUT2D eigenvalue weighted by Gasteiger charge is -2.10. The summed E-state index contributed by atoms with van der Waals surface area (Å²) in [5.74, 6) is -1.23. The van der Waals surface area contributed by atoms with Gasteiger partial charge < -0.3 is 5.32 Å². The van der Waals surface area contributed by atoms with E-state index in [2.05, 4.69) is 10.3 Å². The Balaban J connectivity index is 1.90. The lowest BCUT2D eigenvalue weighted by molar-refractivity contribution is 0.584. The fraction of sp³-hybridized carbons (Fsp3) is 0.0625. The molecule has 0 aliphatic heterocycles. The summed E-state index contributed by atoms with van der Waals surface area (Å²) in [6.45, 7) is 0.396. The molecule has 0 atom stereocenters. The van der Waals surface area contributed by atoms with Gasteiger partial charge in [-0.3, -0.25) is 4.98 Å². The molecule has 0 bridgehead atoms. The van der Waals surface area contributed by atoms with Crippen molar-refractivity contribution < 1.29 is 8.78 Å². The summed E-state index contributed by atoms with van der Waals surface area (Å²) in [4.78, 5) is 4.32. The quantitative estimate of drug-likeness (QED) is 0.753. The zero-order valence-electron chi connectivity index (χ0n) is 10.9. The van der Waals surface area contributed by atoms with Crippen LogP contribution in [0.25, 0.3) is 10.9 Å². The summed E-state index contributed by atoms with van der Waals surface area (Å²) >= 11 is 6.13. The SMILES string of the molecule is Fc1cc(F)cc(NCc2ccc(Cl)c3cccnc23)c1. The normalized spacial score (nSPS) is 10.8. The van der Waals surface area contributed by atoms with E-state index in [1.165, 1.54) is 12.1 Å². The van der Waals surface area contributed by atoms with Crippen molar-refractivity contribution in [1.29, 1.82) is 0 Å². The van der Waals surface area contributed by atoms with Gasteiger partial charge in [0.15, 0.2) is 0 Å². The molecule has 21 heavy (non-hydrogen) atoms. The second kappa shape index (κ2) is 5.66. The highest BCUT2D eigenvalue weighted by molar-refractivity contribution is 6.35. The number of pyridine rings is 1. The first-order chi connectivity index (χ1) is 10.1. The zero-order chi connectivity index (χ0) is 14.8. The Kier molecular flexibility index (Phi) is 3.71. The van der Waals surface area contributed by atoms with E-state index in [0.717, 1.165) is 22.5 Å². The Morgan fingerprint density at radius 2 is 1.81 bits per heavy atom. The maximum Gasteiger partial charge on any atom is 0.128 e. The van der Waals surface area contributed by atoms with Crippen LogP contribution in [-0.2, 0) is 6.54 Å². The Hall–Kier alpha value is -2.20. The average molecular weight is 305 g/mol. The second-order valence-electron chi connectivity index (χ2n) is 4.62. The maximum atomic E-state index is 13.1. The minimum Gasteiger partial charge on any atom is -0.381 e. The molecular weight excluding hydrogens is 294 g/mol. The van der Waals surface area contributed by atoms with E-state index in [4.69, 9.17) is 11.6 Å². The number of halogens is 3. The zero-order valence-corrected chi connectivity index (χ0v) is 11.7. The van der Waals surface area contributed by atoms with Gasteiger partial charge in [-0.2, -0.15) is 0 Å². The van der Waals surface area contributed by atoms with Gasteiger partial charge in [0, 0.05) is 34.9 Å². The van der Waals surface area contributed by atoms with Gasteiger partial charge in [0.05, 0.1) is 5.52 Å². The van der Waals surface area contributed by atoms with Crippen molar-refractivity contribution in [2.75, 3.05) is 5.32 Å². The number of nitrogens with one attached hydrogen (secondary N) is 1. The summed E-state index contributed by atoms with van der Waals surface area (Å²) in [6.07, 6.45) is 1.68. The number of nitrogens with zero attached hydrogens (tertiary/aromatic N) is 1. The van der Waals surface area contributed by atoms with Crippen LogP contribution in [0.3, 0.4) is 0 Å². The topological polar surface area (TPSA) is 24.9 Å². The summed E-state index contributed by atoms with van der Waals surface area (Å²) in [5, 5.41) is 4.47. The molecule has 1 aromatic heterocycles. The van der Waals surface area contributed by atoms with Crippen molar-refractivity contribution in [2.24, 2.45) is 0 Å². The molecular formula is C16H11ClF2N2. The number of anilines is 1. The Morgan fingerprint density at radius 1 is 1.05 bits per heavy atom. The minimum atomic E-state index is -0.614. The van der Waals surface area contributed by atoms with Gasteiger partial charge in [-0.1, -0.05) is 17.7 Å². The van der Waals surface area contributed by atoms with Gasteiger partial charge >= 0.3 is 0 Å². The number of hydrogen-bond donors (Lipinski definition) is 1. The highest BCUT2D eigenvalue weighted by Crippen LogP contribution is 2.25. The van der Waals surface area contributed by atoms with Crippen molar-refractivity contribution >= 4 is 28.2 Å². The van der Waals surface area contributed by atoms with Crippen LogP contribution in [0.15, 0.2) is 48.7 Å². The van der Waals surface area contributed by atoms with Crippen LogP contribution in [0.2, 0.25) is 5.02 Å². The first-order valence-electron chi connectivity index (χ1n) is 6.35. The molecule has 0 radical (unpaired) electrons. The number of hydrogen-bond acceptors (Lipinski definition) is 2. The van der Waals surface area contributed by atoms with Gasteiger partial charge in [0.1, 0.15) is 11.6 Å². The third-order valence-corrected chi connectivity index (χ3v) is 3.48. The molecule has 2 nitrogen and oxygen atoms in total. The van der Waals surface area contributed by atoms with Crippen molar-refractivity contribution in [1.82, 2.24) is 4.98 Å². The summed E-state index contributed by atoms with van der Waals surface area (Å²) in [6, 6.07) is 10.7. The molecule has 0 saturated carbocycles. The monoisotopic (exact) mass is 304 g/mol. The number of benzene rings is 2. The molecule has 0 unspecified atom stereocenters. The highest BCUT2D eigenvalue weighted by atomic mass is 35.5. The van der Waals surface area contributed by atoms with Crippen LogP contribution in [-0.4, -0.2) is 4.98 Å². The summed E-state index contributed by atoms with van der Waals surface area (Å²) < 4.78 is 26.3. The summed E-state index contributed by atoms with van der Waals surface area (Å²) in [5.41, 5.74) is 2.06. The van der Waals surface area contributed by atoms with Gasteiger partial charge in [-0.15, -0.1) is 0 Å². The van der Waals surface area contributed by atoms with Gasteiger partial charge in [-0.25, -0.2) is 8.78 Å². The fourth-order valence-electron chi connectivity index (χ4n) is 2.19. The molecule has 1 N–H and O–H groups in total. The van der Waals surface area contributed by atoms with Crippen molar-refractivity contribution in [2.45, 2.75) is 6.54 Å². The molecule has 3 aromatic rings. The Bertz CT molecular complexity index is 785. The number of aromatic nitrogens is 1. The first-order valence-corrected chi connectivity index (χ1v) is 6.73. The van der Waals surface area contributed by atoms with Crippen LogP contribution in [0.5, 0.6) is 0 Å². The van der Waals surface area contributed by atoms with Crippen molar-refractivity contribution in [3.63, 3.8) is 0 Å². The van der Waals surface area contributed by atoms with Crippen molar-refractivity contribution in [3.05, 3.63) is 70.9 Å². The Morgan fingerprint density at radius 3 is 2.57 bits per heavy atom. The maximum absolute atomic E-state index is 13.1. The van der Waals surface area contributed by atoms with E-state index in [1.807, 2.05) is 18.2 Å². The molecule has 1 heterocycles. The molecule has 0 saturated heterocycles. The molecule has 0 fully saturated rings. The number of rotatable bonds is 3. The van der Waals surface area contributed by atoms with E-state index >= 15 is 0 Å². The van der Waals surface area contributed by atoms with E-state index in [1.54, 1.807) is 12.3 Å². The van der Waals surface area contributed by atoms with E-state index in [0.29, 0.717) is 17.3 Å². The molecule has 106 valence electrons. The van der Waals surface area contributed by atoms with Crippen molar-refractivity contribution in [3.8, 4) is 0 Å². The largest absolute Gasteiger partial charge is 0.381 e. The average Bonchev–Trinajstić information content (AvgIpc) is 2.46. The van der Waals surface area contributed by atoms with E-state index < -0.39 is 11.6 Å². The molecule has 5 heteroatoms. The van der Waals surface area contributed by atoms with Crippen LogP contribution in [0, 0.1) is 11.6 Å². The van der Waals surface area contributed by atoms with Crippen LogP contribution >= 0.6 is 11.6 Å². The first kappa shape index (κ1) is 13.8. The third kappa shape index (κ3) is 2.95.